The lowest BCUT2D eigenvalue weighted by Gasteiger charge is -2.40. The standard InChI is InChI=1S/C46H46ClN5O7S/c1-31(38-8-2-3-9-39(38)34-12-14-35(47)15-13-34)50-22-24-51(25-23-50)36-16-18-41(45(28-36)59-44-11-5-7-33-6-4-10-40(33)44)46(53)49-60(56,57)37-17-19-42(43(29-37)52(54)55)48-30-32-20-26-58-27-21-32/h2-5,7-19,28-29,31-32,48H,6,20-27,30H2,1H3,(H,49,53)/t31-/m0/s1. The molecule has 60 heavy (non-hydrogen) atoms. The zero-order valence-electron chi connectivity index (χ0n) is 33.2. The predicted octanol–water partition coefficient (Wildman–Crippen LogP) is 9.12. The van der Waals surface area contributed by atoms with Gasteiger partial charge in [-0.1, -0.05) is 72.3 Å². The van der Waals surface area contributed by atoms with Gasteiger partial charge in [-0.2, -0.15) is 0 Å². The van der Waals surface area contributed by atoms with Crippen molar-refractivity contribution in [3.8, 4) is 22.6 Å². The van der Waals surface area contributed by atoms with Crippen molar-refractivity contribution in [1.29, 1.82) is 0 Å². The first kappa shape index (κ1) is 41.0. The minimum absolute atomic E-state index is 0.00258. The van der Waals surface area contributed by atoms with E-state index in [0.717, 1.165) is 66.4 Å². The first-order chi connectivity index (χ1) is 29.0. The number of carbonyl (C=O) groups is 1. The number of fused-ring (bicyclic) bond motifs is 1. The highest BCUT2D eigenvalue weighted by atomic mass is 35.5. The van der Waals surface area contributed by atoms with Crippen molar-refractivity contribution in [1.82, 2.24) is 9.62 Å². The quantitative estimate of drug-likeness (QED) is 0.0870. The Hall–Kier alpha value is -5.73. The number of halogens is 1. The Morgan fingerprint density at radius 3 is 2.47 bits per heavy atom. The number of benzene rings is 5. The lowest BCUT2D eigenvalue weighted by atomic mass is 9.94. The molecule has 5 aromatic rings. The average Bonchev–Trinajstić information content (AvgIpc) is 3.76. The highest BCUT2D eigenvalue weighted by Crippen LogP contribution is 2.38. The summed E-state index contributed by atoms with van der Waals surface area (Å²) in [5.41, 5.74) is 6.08. The molecule has 2 fully saturated rings. The summed E-state index contributed by atoms with van der Waals surface area (Å²) in [7, 11) is -4.54. The molecule has 1 amide bonds. The number of hydrogen-bond donors (Lipinski definition) is 2. The smallest absolute Gasteiger partial charge is 0.293 e. The molecule has 0 saturated carbocycles. The van der Waals surface area contributed by atoms with Crippen LogP contribution < -0.4 is 19.7 Å². The van der Waals surface area contributed by atoms with E-state index in [4.69, 9.17) is 21.1 Å². The molecule has 3 aliphatic rings. The van der Waals surface area contributed by atoms with Gasteiger partial charge in [0.15, 0.2) is 0 Å². The Morgan fingerprint density at radius 2 is 1.70 bits per heavy atom. The van der Waals surface area contributed by atoms with Crippen LogP contribution in [-0.4, -0.2) is 70.1 Å². The number of ether oxygens (including phenoxy) is 2. The van der Waals surface area contributed by atoms with E-state index in [2.05, 4.69) is 45.0 Å². The molecule has 0 bridgehead atoms. The van der Waals surface area contributed by atoms with Crippen molar-refractivity contribution in [2.24, 2.45) is 5.92 Å². The minimum atomic E-state index is -4.54. The number of anilines is 2. The molecule has 310 valence electrons. The number of nitrogens with zero attached hydrogens (tertiary/aromatic N) is 3. The third kappa shape index (κ3) is 9.04. The summed E-state index contributed by atoms with van der Waals surface area (Å²) in [5.74, 6) is 0.0645. The second-order valence-corrected chi connectivity index (χ2v) is 17.4. The Labute approximate surface area is 355 Å². The summed E-state index contributed by atoms with van der Waals surface area (Å²) in [5, 5.41) is 15.9. The Balaban J connectivity index is 1.02. The molecule has 5 aromatic carbocycles. The number of nitro groups is 1. The molecule has 2 N–H and O–H groups in total. The number of carbonyl (C=O) groups excluding carboxylic acids is 1. The molecule has 14 heteroatoms. The minimum Gasteiger partial charge on any atom is -0.456 e. The Bertz CT molecular complexity index is 2540. The second kappa shape index (κ2) is 17.9. The average molecular weight is 848 g/mol. The SMILES string of the molecule is C[C@@H](c1ccccc1-c1ccc(Cl)cc1)N1CCN(c2ccc(C(=O)NS(=O)(=O)c3ccc(NCC4CCOCC4)c([N+](=O)[O-])c3)c(Oc3cccc4c3C=CC4)c2)CC1. The molecule has 0 aromatic heterocycles. The summed E-state index contributed by atoms with van der Waals surface area (Å²) < 4.78 is 41.4. The van der Waals surface area contributed by atoms with Gasteiger partial charge in [-0.3, -0.25) is 19.8 Å². The van der Waals surface area contributed by atoms with Gasteiger partial charge in [0, 0.05) is 80.4 Å². The van der Waals surface area contributed by atoms with Crippen LogP contribution >= 0.6 is 11.6 Å². The van der Waals surface area contributed by atoms with Crippen LogP contribution in [0.4, 0.5) is 17.1 Å². The summed E-state index contributed by atoms with van der Waals surface area (Å²) in [6.07, 6.45) is 6.41. The number of amides is 1. The molecule has 2 aliphatic heterocycles. The van der Waals surface area contributed by atoms with Crippen molar-refractivity contribution in [2.75, 3.05) is 56.2 Å². The lowest BCUT2D eigenvalue weighted by molar-refractivity contribution is -0.384. The Kier molecular flexibility index (Phi) is 12.2. The van der Waals surface area contributed by atoms with Crippen molar-refractivity contribution in [3.05, 3.63) is 147 Å². The van der Waals surface area contributed by atoms with Crippen LogP contribution in [0.3, 0.4) is 0 Å². The van der Waals surface area contributed by atoms with Gasteiger partial charge in [-0.15, -0.1) is 0 Å². The van der Waals surface area contributed by atoms with Crippen LogP contribution in [0, 0.1) is 16.0 Å². The van der Waals surface area contributed by atoms with Gasteiger partial charge in [-0.25, -0.2) is 13.1 Å². The van der Waals surface area contributed by atoms with Crippen LogP contribution in [0.1, 0.15) is 52.9 Å². The van der Waals surface area contributed by atoms with Crippen LogP contribution in [0.15, 0.2) is 114 Å². The summed E-state index contributed by atoms with van der Waals surface area (Å²) in [4.78, 5) is 29.7. The summed E-state index contributed by atoms with van der Waals surface area (Å²) in [6, 6.07) is 30.9. The van der Waals surface area contributed by atoms with Crippen LogP contribution in [0.5, 0.6) is 11.5 Å². The molecule has 8 rings (SSSR count). The van der Waals surface area contributed by atoms with Crippen LogP contribution in [0.25, 0.3) is 17.2 Å². The number of hydrogen-bond acceptors (Lipinski definition) is 10. The van der Waals surface area contributed by atoms with Crippen molar-refractivity contribution in [2.45, 2.75) is 37.1 Å². The topological polar surface area (TPSA) is 143 Å². The summed E-state index contributed by atoms with van der Waals surface area (Å²) >= 11 is 6.19. The molecular weight excluding hydrogens is 802 g/mol. The summed E-state index contributed by atoms with van der Waals surface area (Å²) in [6.45, 7) is 6.93. The molecule has 12 nitrogen and oxygen atoms in total. The third-order valence-corrected chi connectivity index (χ3v) is 13.2. The van der Waals surface area contributed by atoms with Crippen LogP contribution in [-0.2, 0) is 21.2 Å². The second-order valence-electron chi connectivity index (χ2n) is 15.3. The molecule has 0 unspecified atom stereocenters. The maximum absolute atomic E-state index is 14.0. The van der Waals surface area contributed by atoms with Gasteiger partial charge >= 0.3 is 0 Å². The number of nitro benzene ring substituents is 1. The number of nitrogens with one attached hydrogen (secondary N) is 2. The van der Waals surface area contributed by atoms with E-state index in [1.54, 1.807) is 18.2 Å². The number of rotatable bonds is 13. The van der Waals surface area contributed by atoms with Crippen LogP contribution in [0.2, 0.25) is 5.02 Å². The predicted molar refractivity (Wildman–Crippen MR) is 235 cm³/mol. The normalized spacial score (nSPS) is 16.3. The first-order valence-electron chi connectivity index (χ1n) is 20.2. The van der Waals surface area contributed by atoms with Crippen molar-refractivity contribution < 1.29 is 27.6 Å². The van der Waals surface area contributed by atoms with E-state index >= 15 is 0 Å². The maximum Gasteiger partial charge on any atom is 0.293 e. The zero-order valence-corrected chi connectivity index (χ0v) is 34.8. The Morgan fingerprint density at radius 1 is 0.933 bits per heavy atom. The van der Waals surface area contributed by atoms with E-state index in [1.807, 2.05) is 60.7 Å². The van der Waals surface area contributed by atoms with Crippen molar-refractivity contribution in [3.63, 3.8) is 0 Å². The van der Waals surface area contributed by atoms with Gasteiger partial charge in [-0.05, 0) is 96.8 Å². The van der Waals surface area contributed by atoms with Gasteiger partial charge in [0.05, 0.1) is 15.4 Å². The maximum atomic E-state index is 14.0. The molecule has 0 radical (unpaired) electrons. The molecule has 2 heterocycles. The third-order valence-electron chi connectivity index (χ3n) is 11.6. The zero-order chi connectivity index (χ0) is 41.8. The monoisotopic (exact) mass is 847 g/mol. The van der Waals surface area contributed by atoms with E-state index in [9.17, 15) is 23.3 Å². The number of piperazine rings is 1. The van der Waals surface area contributed by atoms with Gasteiger partial charge < -0.3 is 19.7 Å². The largest absolute Gasteiger partial charge is 0.456 e. The van der Waals surface area contributed by atoms with E-state index in [0.29, 0.717) is 43.6 Å². The van der Waals surface area contributed by atoms with Gasteiger partial charge in [0.25, 0.3) is 21.6 Å². The first-order valence-corrected chi connectivity index (χ1v) is 22.0. The fraction of sp³-hybridized carbons (Fsp3) is 0.283. The molecule has 1 atom stereocenters. The van der Waals surface area contributed by atoms with E-state index in [-0.39, 0.29) is 29.0 Å². The van der Waals surface area contributed by atoms with Gasteiger partial charge in [0.1, 0.15) is 17.2 Å². The fourth-order valence-corrected chi connectivity index (χ4v) is 9.30. The molecule has 2 saturated heterocycles. The van der Waals surface area contributed by atoms with E-state index in [1.165, 1.54) is 17.7 Å². The van der Waals surface area contributed by atoms with Crippen molar-refractivity contribution >= 4 is 50.7 Å². The molecule has 0 spiro atoms. The number of allylic oxidation sites excluding steroid dienone is 1. The van der Waals surface area contributed by atoms with E-state index < -0.39 is 31.4 Å². The fourth-order valence-electron chi connectivity index (χ4n) is 8.19. The molecule has 1 aliphatic carbocycles. The van der Waals surface area contributed by atoms with Gasteiger partial charge in [0.2, 0.25) is 0 Å². The lowest BCUT2D eigenvalue weighted by Crippen LogP contribution is -2.47. The number of sulfonamides is 1. The highest BCUT2D eigenvalue weighted by molar-refractivity contribution is 7.90. The molecular formula is C46H46ClN5O7S. The highest BCUT2D eigenvalue weighted by Gasteiger charge is 2.29.